The number of hydrogen-bond acceptors (Lipinski definition) is 7. The summed E-state index contributed by atoms with van der Waals surface area (Å²) in [6.07, 6.45) is -4.84. The predicted octanol–water partition coefficient (Wildman–Crippen LogP) is 2.59. The minimum atomic E-state index is -4.66. The number of benzene rings is 1. The van der Waals surface area contributed by atoms with Gasteiger partial charge < -0.3 is 24.4 Å². The SMILES string of the molecule is CN1C(=O)[C@@H](NC(=O)OC(C)(C)C)COc2ccc(OCCn3ncc(C(F)(F)F)cc3=O)cc21. The molecule has 0 saturated carbocycles. The van der Waals surface area contributed by atoms with Gasteiger partial charge in [0, 0.05) is 19.2 Å². The summed E-state index contributed by atoms with van der Waals surface area (Å²) in [5.74, 6) is 0.264. The third-order valence-electron chi connectivity index (χ3n) is 4.79. The van der Waals surface area contributed by atoms with Gasteiger partial charge in [-0.15, -0.1) is 0 Å². The molecule has 35 heavy (non-hydrogen) atoms. The first kappa shape index (κ1) is 25.8. The molecule has 0 fully saturated rings. The Balaban J connectivity index is 1.65. The van der Waals surface area contributed by atoms with Gasteiger partial charge in [-0.1, -0.05) is 0 Å². The average molecular weight is 498 g/mol. The van der Waals surface area contributed by atoms with E-state index in [1.54, 1.807) is 32.9 Å². The standard InChI is InChI=1S/C22H25F3N4O6/c1-21(2,3)35-20(32)27-15-12-34-17-6-5-14(10-16(17)28(4)19(15)31)33-8-7-29-18(30)9-13(11-26-29)22(23,24)25/h5-6,9-11,15H,7-8,12H2,1-4H3,(H,27,32)/t15-/m0/s1. The molecule has 10 nitrogen and oxygen atoms in total. The minimum absolute atomic E-state index is 0.0710. The molecule has 2 amide bonds. The van der Waals surface area contributed by atoms with Crippen molar-refractivity contribution >= 4 is 17.7 Å². The fourth-order valence-corrected chi connectivity index (χ4v) is 3.13. The highest BCUT2D eigenvalue weighted by Crippen LogP contribution is 2.34. The molecule has 1 atom stereocenters. The van der Waals surface area contributed by atoms with Crippen molar-refractivity contribution in [1.82, 2.24) is 15.1 Å². The van der Waals surface area contributed by atoms with Crippen molar-refractivity contribution in [3.05, 3.63) is 46.4 Å². The number of carbonyl (C=O) groups excluding carboxylic acids is 2. The Morgan fingerprint density at radius 1 is 1.23 bits per heavy atom. The summed E-state index contributed by atoms with van der Waals surface area (Å²) >= 11 is 0. The van der Waals surface area contributed by atoms with Gasteiger partial charge in [0.05, 0.1) is 24.0 Å². The lowest BCUT2D eigenvalue weighted by Crippen LogP contribution is -2.50. The zero-order valence-electron chi connectivity index (χ0n) is 19.5. The molecule has 1 aromatic carbocycles. The summed E-state index contributed by atoms with van der Waals surface area (Å²) in [6.45, 7) is 4.82. The molecule has 0 spiro atoms. The molecule has 0 aliphatic carbocycles. The van der Waals surface area contributed by atoms with Crippen LogP contribution >= 0.6 is 0 Å². The van der Waals surface area contributed by atoms with E-state index >= 15 is 0 Å². The van der Waals surface area contributed by atoms with Crippen LogP contribution < -0.4 is 25.2 Å². The van der Waals surface area contributed by atoms with Gasteiger partial charge in [0.25, 0.3) is 11.5 Å². The second-order valence-corrected chi connectivity index (χ2v) is 8.69. The largest absolute Gasteiger partial charge is 0.492 e. The molecule has 0 saturated heterocycles. The number of amides is 2. The van der Waals surface area contributed by atoms with Gasteiger partial charge in [-0.25, -0.2) is 9.48 Å². The van der Waals surface area contributed by atoms with Crippen LogP contribution in [0.5, 0.6) is 11.5 Å². The van der Waals surface area contributed by atoms with Crippen LogP contribution in [0.3, 0.4) is 0 Å². The van der Waals surface area contributed by atoms with Crippen LogP contribution in [-0.2, 0) is 22.3 Å². The van der Waals surface area contributed by atoms with Crippen molar-refractivity contribution in [2.45, 2.75) is 45.1 Å². The van der Waals surface area contributed by atoms with Crippen LogP contribution in [0.4, 0.5) is 23.7 Å². The molecule has 1 aliphatic rings. The molecule has 1 aliphatic heterocycles. The molecule has 1 aromatic heterocycles. The van der Waals surface area contributed by atoms with Crippen LogP contribution in [0.25, 0.3) is 0 Å². The number of anilines is 1. The summed E-state index contributed by atoms with van der Waals surface area (Å²) in [5, 5.41) is 6.02. The van der Waals surface area contributed by atoms with Crippen molar-refractivity contribution < 1.29 is 37.0 Å². The number of likely N-dealkylation sites (N-methyl/N-ethyl adjacent to an activating group) is 1. The number of carbonyl (C=O) groups is 2. The first-order valence-electron chi connectivity index (χ1n) is 10.6. The van der Waals surface area contributed by atoms with Crippen molar-refractivity contribution in [2.75, 3.05) is 25.2 Å². The molecule has 0 radical (unpaired) electrons. The summed E-state index contributed by atoms with van der Waals surface area (Å²) in [4.78, 5) is 38.1. The van der Waals surface area contributed by atoms with Crippen molar-refractivity contribution in [3.63, 3.8) is 0 Å². The predicted molar refractivity (Wildman–Crippen MR) is 117 cm³/mol. The highest BCUT2D eigenvalue weighted by Gasteiger charge is 2.33. The molecule has 3 rings (SSSR count). The van der Waals surface area contributed by atoms with Gasteiger partial charge in [-0.05, 0) is 32.9 Å². The number of rotatable bonds is 5. The lowest BCUT2D eigenvalue weighted by atomic mass is 10.2. The topological polar surface area (TPSA) is 112 Å². The van der Waals surface area contributed by atoms with E-state index in [2.05, 4.69) is 10.4 Å². The number of nitrogens with one attached hydrogen (secondary N) is 1. The number of aromatic nitrogens is 2. The maximum Gasteiger partial charge on any atom is 0.418 e. The highest BCUT2D eigenvalue weighted by molar-refractivity contribution is 6.00. The molecular weight excluding hydrogens is 473 g/mol. The van der Waals surface area contributed by atoms with E-state index in [1.807, 2.05) is 0 Å². The Morgan fingerprint density at radius 2 is 1.94 bits per heavy atom. The van der Waals surface area contributed by atoms with E-state index in [0.29, 0.717) is 29.4 Å². The van der Waals surface area contributed by atoms with E-state index in [4.69, 9.17) is 14.2 Å². The van der Waals surface area contributed by atoms with Crippen LogP contribution in [0.15, 0.2) is 35.3 Å². The highest BCUT2D eigenvalue weighted by atomic mass is 19.4. The fraction of sp³-hybridized carbons (Fsp3) is 0.455. The zero-order chi connectivity index (χ0) is 26.0. The summed E-state index contributed by atoms with van der Waals surface area (Å²) in [5.41, 5.74) is -2.39. The van der Waals surface area contributed by atoms with Crippen LogP contribution in [0, 0.1) is 0 Å². The Kier molecular flexibility index (Phi) is 7.27. The first-order chi connectivity index (χ1) is 16.2. The zero-order valence-corrected chi connectivity index (χ0v) is 19.5. The van der Waals surface area contributed by atoms with Gasteiger partial charge >= 0.3 is 12.3 Å². The normalized spacial score (nSPS) is 16.1. The molecule has 1 N–H and O–H groups in total. The number of fused-ring (bicyclic) bond motifs is 1. The Hall–Kier alpha value is -3.77. The lowest BCUT2D eigenvalue weighted by molar-refractivity contribution is -0.138. The van der Waals surface area contributed by atoms with E-state index in [-0.39, 0.29) is 19.8 Å². The molecule has 0 unspecified atom stereocenters. The molecule has 190 valence electrons. The van der Waals surface area contributed by atoms with Gasteiger partial charge in [0.2, 0.25) is 0 Å². The number of alkyl carbamates (subject to hydrolysis) is 1. The number of hydrogen-bond donors (Lipinski definition) is 1. The van der Waals surface area contributed by atoms with E-state index < -0.39 is 40.9 Å². The number of ether oxygens (including phenoxy) is 3. The van der Waals surface area contributed by atoms with Crippen LogP contribution in [0.1, 0.15) is 26.3 Å². The molecule has 0 bridgehead atoms. The second kappa shape index (κ2) is 9.84. The third-order valence-corrected chi connectivity index (χ3v) is 4.79. The van der Waals surface area contributed by atoms with E-state index in [9.17, 15) is 27.6 Å². The second-order valence-electron chi connectivity index (χ2n) is 8.69. The lowest BCUT2D eigenvalue weighted by Gasteiger charge is -2.23. The van der Waals surface area contributed by atoms with Gasteiger partial charge in [0.15, 0.2) is 0 Å². The van der Waals surface area contributed by atoms with Crippen molar-refractivity contribution in [2.24, 2.45) is 0 Å². The van der Waals surface area contributed by atoms with E-state index in [0.717, 1.165) is 4.68 Å². The molecular formula is C22H25F3N4O6. The monoisotopic (exact) mass is 498 g/mol. The summed E-state index contributed by atoms with van der Waals surface area (Å²) in [7, 11) is 1.51. The smallest absolute Gasteiger partial charge is 0.418 e. The van der Waals surface area contributed by atoms with Gasteiger partial charge in [-0.2, -0.15) is 18.3 Å². The number of nitrogens with zero attached hydrogens (tertiary/aromatic N) is 3. The minimum Gasteiger partial charge on any atom is -0.492 e. The number of halogens is 3. The summed E-state index contributed by atoms with van der Waals surface area (Å²) in [6, 6.07) is 4.17. The van der Waals surface area contributed by atoms with Gasteiger partial charge in [0.1, 0.15) is 36.4 Å². The Morgan fingerprint density at radius 3 is 2.57 bits per heavy atom. The molecule has 2 aromatic rings. The Bertz CT molecular complexity index is 1160. The van der Waals surface area contributed by atoms with Crippen molar-refractivity contribution in [1.29, 1.82) is 0 Å². The maximum absolute atomic E-state index is 12.9. The molecule has 13 heteroatoms. The fourth-order valence-electron chi connectivity index (χ4n) is 3.13. The first-order valence-corrected chi connectivity index (χ1v) is 10.6. The quantitative estimate of drug-likeness (QED) is 0.675. The third kappa shape index (κ3) is 6.64. The maximum atomic E-state index is 12.9. The average Bonchev–Trinajstić information content (AvgIpc) is 2.85. The van der Waals surface area contributed by atoms with Crippen molar-refractivity contribution in [3.8, 4) is 11.5 Å². The van der Waals surface area contributed by atoms with Crippen LogP contribution in [0.2, 0.25) is 0 Å². The van der Waals surface area contributed by atoms with Crippen LogP contribution in [-0.4, -0.2) is 53.7 Å². The molecule has 2 heterocycles. The van der Waals surface area contributed by atoms with Gasteiger partial charge in [-0.3, -0.25) is 9.59 Å². The van der Waals surface area contributed by atoms with E-state index in [1.165, 1.54) is 18.0 Å². The Labute approximate surface area is 198 Å². The summed E-state index contributed by atoms with van der Waals surface area (Å²) < 4.78 is 55.3. The number of alkyl halides is 3.